The van der Waals surface area contributed by atoms with Crippen LogP contribution in [-0.4, -0.2) is 23.9 Å². The first-order chi connectivity index (χ1) is 7.41. The second kappa shape index (κ2) is 3.94. The zero-order valence-corrected chi connectivity index (χ0v) is 10.3. The lowest BCUT2D eigenvalue weighted by Gasteiger charge is -2.38. The molecule has 1 aromatic rings. The largest absolute Gasteiger partial charge is 0.244 e. The Bertz CT molecular complexity index is 482. The lowest BCUT2D eigenvalue weighted by molar-refractivity contribution is 0.248. The monoisotopic (exact) mass is 261 g/mol. The summed E-state index contributed by atoms with van der Waals surface area (Å²) in [5, 5.41) is 0.0359. The number of rotatable bonds is 3. The van der Waals surface area contributed by atoms with Gasteiger partial charge in [-0.05, 0) is 37.8 Å². The van der Waals surface area contributed by atoms with Crippen molar-refractivity contribution in [2.45, 2.75) is 36.6 Å². The van der Waals surface area contributed by atoms with Crippen LogP contribution in [0.15, 0.2) is 17.3 Å². The molecule has 1 aliphatic rings. The molecule has 0 spiro atoms. The van der Waals surface area contributed by atoms with E-state index in [0.717, 1.165) is 19.3 Å². The van der Waals surface area contributed by atoms with Gasteiger partial charge in [-0.1, -0.05) is 0 Å². The maximum Gasteiger partial charge on any atom is 0.244 e. The number of hydrogen-bond donors (Lipinski definition) is 1. The zero-order chi connectivity index (χ0) is 11.8. The predicted molar refractivity (Wildman–Crippen MR) is 59.6 cm³/mol. The Labute approximate surface area is 99.3 Å². The van der Waals surface area contributed by atoms with Crippen LogP contribution in [0, 0.1) is 0 Å². The molecule has 1 aliphatic carbocycles. The fourth-order valence-electron chi connectivity index (χ4n) is 1.63. The van der Waals surface area contributed by atoms with Crippen LogP contribution in [0.2, 0.25) is 5.28 Å². The van der Waals surface area contributed by atoms with Crippen molar-refractivity contribution in [3.05, 3.63) is 17.7 Å². The summed E-state index contributed by atoms with van der Waals surface area (Å²) in [7, 11) is -3.53. The molecule has 88 valence electrons. The van der Waals surface area contributed by atoms with Crippen LogP contribution in [0.3, 0.4) is 0 Å². The van der Waals surface area contributed by atoms with Gasteiger partial charge in [0, 0.05) is 5.54 Å². The predicted octanol–water partition coefficient (Wildman–Crippen LogP) is 1.35. The normalized spacial score (nSPS) is 19.1. The molecule has 2 rings (SSSR count). The maximum absolute atomic E-state index is 11.9. The van der Waals surface area contributed by atoms with E-state index in [1.165, 1.54) is 12.4 Å². The summed E-state index contributed by atoms with van der Waals surface area (Å²) in [6.07, 6.45) is 5.19. The van der Waals surface area contributed by atoms with Crippen LogP contribution >= 0.6 is 11.6 Å². The highest BCUT2D eigenvalue weighted by Gasteiger charge is 2.36. The first-order valence-electron chi connectivity index (χ1n) is 4.93. The fourth-order valence-corrected chi connectivity index (χ4v) is 3.08. The molecular weight excluding hydrogens is 250 g/mol. The minimum absolute atomic E-state index is 0.0359. The Morgan fingerprint density at radius 3 is 2.38 bits per heavy atom. The summed E-state index contributed by atoms with van der Waals surface area (Å²) in [5.74, 6) is 0. The molecule has 16 heavy (non-hydrogen) atoms. The summed E-state index contributed by atoms with van der Waals surface area (Å²) in [4.78, 5) is 7.36. The summed E-state index contributed by atoms with van der Waals surface area (Å²) < 4.78 is 26.5. The Kier molecular flexibility index (Phi) is 2.90. The second-order valence-corrected chi connectivity index (χ2v) is 6.23. The van der Waals surface area contributed by atoms with Gasteiger partial charge in [-0.3, -0.25) is 0 Å². The Hall–Kier alpha value is -0.720. The molecule has 0 aromatic carbocycles. The highest BCUT2D eigenvalue weighted by molar-refractivity contribution is 7.89. The first-order valence-corrected chi connectivity index (χ1v) is 6.79. The SMILES string of the molecule is CC1(NS(=O)(=O)c2cnc(Cl)nc2)CCC1. The van der Waals surface area contributed by atoms with Gasteiger partial charge in [0.2, 0.25) is 15.3 Å². The van der Waals surface area contributed by atoms with E-state index in [1.54, 1.807) is 0 Å². The van der Waals surface area contributed by atoms with Crippen molar-refractivity contribution >= 4 is 21.6 Å². The van der Waals surface area contributed by atoms with E-state index in [0.29, 0.717) is 0 Å². The quantitative estimate of drug-likeness (QED) is 0.834. The zero-order valence-electron chi connectivity index (χ0n) is 8.77. The van der Waals surface area contributed by atoms with Crippen LogP contribution in [-0.2, 0) is 10.0 Å². The van der Waals surface area contributed by atoms with Gasteiger partial charge in [-0.2, -0.15) is 0 Å². The van der Waals surface area contributed by atoms with E-state index in [9.17, 15) is 8.42 Å². The number of nitrogens with zero attached hydrogens (tertiary/aromatic N) is 2. The van der Waals surface area contributed by atoms with E-state index in [4.69, 9.17) is 11.6 Å². The molecule has 0 radical (unpaired) electrons. The maximum atomic E-state index is 11.9. The van der Waals surface area contributed by atoms with Crippen molar-refractivity contribution < 1.29 is 8.42 Å². The van der Waals surface area contributed by atoms with Crippen molar-refractivity contribution in [3.8, 4) is 0 Å². The third-order valence-corrected chi connectivity index (χ3v) is 4.53. The molecule has 1 heterocycles. The highest BCUT2D eigenvalue weighted by atomic mass is 35.5. The first kappa shape index (κ1) is 11.8. The molecule has 5 nitrogen and oxygen atoms in total. The average Bonchev–Trinajstić information content (AvgIpc) is 2.15. The summed E-state index contributed by atoms with van der Waals surface area (Å²) in [6, 6.07) is 0. The fraction of sp³-hybridized carbons (Fsp3) is 0.556. The molecule has 1 saturated carbocycles. The van der Waals surface area contributed by atoms with Crippen LogP contribution in [0.5, 0.6) is 0 Å². The Balaban J connectivity index is 2.22. The number of nitrogens with one attached hydrogen (secondary N) is 1. The summed E-state index contributed by atoms with van der Waals surface area (Å²) in [5.41, 5.74) is -0.321. The lowest BCUT2D eigenvalue weighted by Crippen LogP contribution is -2.50. The van der Waals surface area contributed by atoms with Crippen molar-refractivity contribution in [3.63, 3.8) is 0 Å². The third-order valence-electron chi connectivity index (χ3n) is 2.74. The van der Waals surface area contributed by atoms with Crippen molar-refractivity contribution in [1.29, 1.82) is 0 Å². The molecule has 0 amide bonds. The van der Waals surface area contributed by atoms with Crippen LogP contribution in [0.4, 0.5) is 0 Å². The summed E-state index contributed by atoms with van der Waals surface area (Å²) in [6.45, 7) is 1.89. The van der Waals surface area contributed by atoms with Crippen molar-refractivity contribution in [2.24, 2.45) is 0 Å². The smallest absolute Gasteiger partial charge is 0.225 e. The molecule has 0 aliphatic heterocycles. The highest BCUT2D eigenvalue weighted by Crippen LogP contribution is 2.32. The lowest BCUT2D eigenvalue weighted by atomic mass is 9.80. The molecule has 0 atom stereocenters. The van der Waals surface area contributed by atoms with Gasteiger partial charge >= 0.3 is 0 Å². The van der Waals surface area contributed by atoms with E-state index in [-0.39, 0.29) is 15.7 Å². The van der Waals surface area contributed by atoms with Crippen LogP contribution in [0.1, 0.15) is 26.2 Å². The van der Waals surface area contributed by atoms with E-state index < -0.39 is 10.0 Å². The number of hydrogen-bond acceptors (Lipinski definition) is 4. The van der Waals surface area contributed by atoms with Gasteiger partial charge < -0.3 is 0 Å². The van der Waals surface area contributed by atoms with E-state index in [2.05, 4.69) is 14.7 Å². The van der Waals surface area contributed by atoms with Crippen LogP contribution in [0.25, 0.3) is 0 Å². The van der Waals surface area contributed by atoms with Gasteiger partial charge in [0.05, 0.1) is 12.4 Å². The molecule has 0 saturated heterocycles. The Morgan fingerprint density at radius 1 is 1.38 bits per heavy atom. The van der Waals surface area contributed by atoms with Crippen molar-refractivity contribution in [2.75, 3.05) is 0 Å². The second-order valence-electron chi connectivity index (χ2n) is 4.21. The van der Waals surface area contributed by atoms with E-state index >= 15 is 0 Å². The van der Waals surface area contributed by atoms with Gasteiger partial charge in [-0.25, -0.2) is 23.1 Å². The third kappa shape index (κ3) is 2.34. The van der Waals surface area contributed by atoms with Gasteiger partial charge in [-0.15, -0.1) is 0 Å². The molecule has 0 unspecified atom stereocenters. The molecule has 7 heteroatoms. The molecule has 1 aromatic heterocycles. The van der Waals surface area contributed by atoms with Crippen molar-refractivity contribution in [1.82, 2.24) is 14.7 Å². The van der Waals surface area contributed by atoms with Gasteiger partial charge in [0.25, 0.3) is 0 Å². The molecule has 0 bridgehead atoms. The standard InChI is InChI=1S/C9H12ClN3O2S/c1-9(3-2-4-9)13-16(14,15)7-5-11-8(10)12-6-7/h5-6,13H,2-4H2,1H3. The topological polar surface area (TPSA) is 72.0 Å². The number of aromatic nitrogens is 2. The van der Waals surface area contributed by atoms with Gasteiger partial charge in [0.1, 0.15) is 4.90 Å². The summed E-state index contributed by atoms with van der Waals surface area (Å²) >= 11 is 5.50. The average molecular weight is 262 g/mol. The number of sulfonamides is 1. The molecular formula is C9H12ClN3O2S. The Morgan fingerprint density at radius 2 is 1.94 bits per heavy atom. The van der Waals surface area contributed by atoms with E-state index in [1.807, 2.05) is 6.92 Å². The van der Waals surface area contributed by atoms with Gasteiger partial charge in [0.15, 0.2) is 0 Å². The van der Waals surface area contributed by atoms with Crippen LogP contribution < -0.4 is 4.72 Å². The minimum Gasteiger partial charge on any atom is -0.225 e. The number of halogens is 1. The molecule has 1 fully saturated rings. The molecule has 1 N–H and O–H groups in total. The minimum atomic E-state index is -3.53.